The first-order valence-electron chi connectivity index (χ1n) is 9.77. The maximum atomic E-state index is 12.5. The number of hydrogen-bond donors (Lipinski definition) is 2. The molecule has 0 radical (unpaired) electrons. The Morgan fingerprint density at radius 3 is 2.27 bits per heavy atom. The number of benzene rings is 2. The van der Waals surface area contributed by atoms with Crippen LogP contribution in [0, 0.1) is 0 Å². The predicted octanol–water partition coefficient (Wildman–Crippen LogP) is 4.59. The van der Waals surface area contributed by atoms with Gasteiger partial charge >= 0.3 is 0 Å². The second kappa shape index (κ2) is 8.61. The van der Waals surface area contributed by atoms with E-state index in [1.807, 2.05) is 91.4 Å². The minimum absolute atomic E-state index is 0.148. The normalized spacial score (nSPS) is 11.7. The Labute approximate surface area is 175 Å². The van der Waals surface area contributed by atoms with Crippen LogP contribution in [0.5, 0.6) is 0 Å². The molecule has 0 aliphatic carbocycles. The number of aryl methyl sites for hydroxylation is 1. The molecule has 150 valence electrons. The lowest BCUT2D eigenvalue weighted by Gasteiger charge is -2.15. The Hall–Kier alpha value is -3.93. The molecule has 0 fully saturated rings. The van der Waals surface area contributed by atoms with Crippen LogP contribution in [0.3, 0.4) is 0 Å². The molecule has 2 aromatic carbocycles. The summed E-state index contributed by atoms with van der Waals surface area (Å²) >= 11 is 0. The Kier molecular flexibility index (Phi) is 5.57. The van der Waals surface area contributed by atoms with Gasteiger partial charge in [0.1, 0.15) is 11.9 Å². The van der Waals surface area contributed by atoms with Crippen molar-refractivity contribution in [3.8, 4) is 22.4 Å². The molecule has 2 aromatic heterocycles. The van der Waals surface area contributed by atoms with Crippen molar-refractivity contribution in [1.29, 1.82) is 0 Å². The largest absolute Gasteiger partial charge is 0.374 e. The van der Waals surface area contributed by atoms with E-state index < -0.39 is 6.04 Å². The van der Waals surface area contributed by atoms with Crippen molar-refractivity contribution < 1.29 is 4.79 Å². The van der Waals surface area contributed by atoms with Crippen molar-refractivity contribution in [2.75, 3.05) is 10.6 Å². The average molecular weight is 397 g/mol. The van der Waals surface area contributed by atoms with Gasteiger partial charge in [-0.3, -0.25) is 9.48 Å². The molecule has 1 amide bonds. The molecular formula is C24H23N5O. The van der Waals surface area contributed by atoms with E-state index in [-0.39, 0.29) is 5.91 Å². The van der Waals surface area contributed by atoms with Crippen molar-refractivity contribution in [1.82, 2.24) is 14.8 Å². The maximum Gasteiger partial charge on any atom is 0.247 e. The van der Waals surface area contributed by atoms with E-state index in [4.69, 9.17) is 0 Å². The molecule has 0 saturated carbocycles. The van der Waals surface area contributed by atoms with Gasteiger partial charge in [0.25, 0.3) is 0 Å². The van der Waals surface area contributed by atoms with E-state index in [1.165, 1.54) is 0 Å². The molecule has 2 heterocycles. The Morgan fingerprint density at radius 1 is 0.900 bits per heavy atom. The van der Waals surface area contributed by atoms with Crippen LogP contribution in [-0.2, 0) is 11.8 Å². The lowest BCUT2D eigenvalue weighted by atomic mass is 10.1. The fourth-order valence-corrected chi connectivity index (χ4v) is 3.21. The number of anilines is 2. The van der Waals surface area contributed by atoms with Gasteiger partial charge < -0.3 is 10.6 Å². The summed E-state index contributed by atoms with van der Waals surface area (Å²) in [5, 5.41) is 10.3. The highest BCUT2D eigenvalue weighted by atomic mass is 16.2. The van der Waals surface area contributed by atoms with Gasteiger partial charge in [0, 0.05) is 30.7 Å². The summed E-state index contributed by atoms with van der Waals surface area (Å²) in [5.41, 5.74) is 5.08. The van der Waals surface area contributed by atoms with Crippen molar-refractivity contribution in [2.24, 2.45) is 7.05 Å². The van der Waals surface area contributed by atoms with E-state index in [0.717, 1.165) is 28.1 Å². The summed E-state index contributed by atoms with van der Waals surface area (Å²) in [4.78, 5) is 16.9. The highest BCUT2D eigenvalue weighted by Gasteiger charge is 2.14. The molecule has 0 saturated heterocycles. The van der Waals surface area contributed by atoms with Crippen LogP contribution >= 0.6 is 0 Å². The SMILES string of the molecule is C[C@@H](Nc1ccc(-c2ccnn2C)cc1)C(=O)Nc1ccc(-c2ccccc2)cn1. The Morgan fingerprint density at radius 2 is 1.63 bits per heavy atom. The van der Waals surface area contributed by atoms with E-state index in [9.17, 15) is 4.79 Å². The number of carbonyl (C=O) groups excluding carboxylic acids is 1. The summed E-state index contributed by atoms with van der Waals surface area (Å²) in [7, 11) is 1.91. The molecular weight excluding hydrogens is 374 g/mol. The number of pyridine rings is 1. The predicted molar refractivity (Wildman–Crippen MR) is 120 cm³/mol. The fourth-order valence-electron chi connectivity index (χ4n) is 3.21. The first-order valence-corrected chi connectivity index (χ1v) is 9.77. The number of rotatable bonds is 6. The molecule has 0 aliphatic heterocycles. The molecule has 4 aromatic rings. The smallest absolute Gasteiger partial charge is 0.247 e. The molecule has 6 nitrogen and oxygen atoms in total. The third-order valence-electron chi connectivity index (χ3n) is 4.90. The number of aromatic nitrogens is 3. The Bertz CT molecular complexity index is 1120. The summed E-state index contributed by atoms with van der Waals surface area (Å²) in [5.74, 6) is 0.380. The number of nitrogens with zero attached hydrogens (tertiary/aromatic N) is 3. The fraction of sp³-hybridized carbons (Fsp3) is 0.125. The highest BCUT2D eigenvalue weighted by Crippen LogP contribution is 2.21. The first kappa shape index (κ1) is 19.4. The van der Waals surface area contributed by atoms with Crippen LogP contribution in [0.4, 0.5) is 11.5 Å². The van der Waals surface area contributed by atoms with Crippen LogP contribution in [0.15, 0.2) is 85.2 Å². The van der Waals surface area contributed by atoms with E-state index >= 15 is 0 Å². The zero-order chi connectivity index (χ0) is 20.9. The first-order chi connectivity index (χ1) is 14.6. The lowest BCUT2D eigenvalue weighted by Crippen LogP contribution is -2.32. The zero-order valence-corrected chi connectivity index (χ0v) is 16.9. The highest BCUT2D eigenvalue weighted by molar-refractivity contribution is 5.95. The van der Waals surface area contributed by atoms with Crippen molar-refractivity contribution in [3.63, 3.8) is 0 Å². The second-order valence-electron chi connectivity index (χ2n) is 7.07. The van der Waals surface area contributed by atoms with Gasteiger partial charge in [-0.05, 0) is 48.4 Å². The number of hydrogen-bond acceptors (Lipinski definition) is 4. The van der Waals surface area contributed by atoms with Gasteiger partial charge in [-0.25, -0.2) is 4.98 Å². The quantitative estimate of drug-likeness (QED) is 0.499. The van der Waals surface area contributed by atoms with Gasteiger partial charge in [-0.1, -0.05) is 42.5 Å². The molecule has 0 unspecified atom stereocenters. The summed E-state index contributed by atoms with van der Waals surface area (Å²) < 4.78 is 1.83. The van der Waals surface area contributed by atoms with E-state index in [0.29, 0.717) is 5.82 Å². The zero-order valence-electron chi connectivity index (χ0n) is 16.9. The van der Waals surface area contributed by atoms with Gasteiger partial charge in [-0.15, -0.1) is 0 Å². The van der Waals surface area contributed by atoms with E-state index in [1.54, 1.807) is 12.4 Å². The van der Waals surface area contributed by atoms with Crippen LogP contribution in [0.25, 0.3) is 22.4 Å². The minimum Gasteiger partial charge on any atom is -0.374 e. The molecule has 6 heteroatoms. The number of carbonyl (C=O) groups is 1. The third-order valence-corrected chi connectivity index (χ3v) is 4.90. The van der Waals surface area contributed by atoms with Gasteiger partial charge in [0.15, 0.2) is 0 Å². The molecule has 1 atom stereocenters. The standard InChI is InChI=1S/C24H23N5O/c1-17(27-21-11-8-19(9-12-21)22-14-15-26-29(22)2)24(30)28-23-13-10-20(16-25-23)18-6-4-3-5-7-18/h3-17,27H,1-2H3,(H,25,28,30)/t17-/m1/s1. The monoisotopic (exact) mass is 397 g/mol. The summed E-state index contributed by atoms with van der Waals surface area (Å²) in [6, 6.07) is 23.3. The van der Waals surface area contributed by atoms with Crippen LogP contribution < -0.4 is 10.6 Å². The van der Waals surface area contributed by atoms with Gasteiger partial charge in [0.2, 0.25) is 5.91 Å². The lowest BCUT2D eigenvalue weighted by molar-refractivity contribution is -0.116. The van der Waals surface area contributed by atoms with Crippen molar-refractivity contribution in [2.45, 2.75) is 13.0 Å². The minimum atomic E-state index is -0.414. The van der Waals surface area contributed by atoms with Crippen LogP contribution in [0.1, 0.15) is 6.92 Å². The topological polar surface area (TPSA) is 71.8 Å². The third kappa shape index (κ3) is 4.38. The summed E-state index contributed by atoms with van der Waals surface area (Å²) in [6.45, 7) is 1.82. The second-order valence-corrected chi connectivity index (χ2v) is 7.07. The van der Waals surface area contributed by atoms with Crippen molar-refractivity contribution in [3.05, 3.63) is 85.2 Å². The molecule has 4 rings (SSSR count). The van der Waals surface area contributed by atoms with Gasteiger partial charge in [0.05, 0.1) is 5.69 Å². The van der Waals surface area contributed by atoms with Crippen molar-refractivity contribution >= 4 is 17.4 Å². The Balaban J connectivity index is 1.36. The molecule has 2 N–H and O–H groups in total. The van der Waals surface area contributed by atoms with Crippen LogP contribution in [-0.4, -0.2) is 26.7 Å². The molecule has 0 aliphatic rings. The molecule has 0 bridgehead atoms. The molecule has 30 heavy (non-hydrogen) atoms. The summed E-state index contributed by atoms with van der Waals surface area (Å²) in [6.07, 6.45) is 3.54. The number of nitrogens with one attached hydrogen (secondary N) is 2. The number of amides is 1. The van der Waals surface area contributed by atoms with E-state index in [2.05, 4.69) is 20.7 Å². The van der Waals surface area contributed by atoms with Crippen LogP contribution in [0.2, 0.25) is 0 Å². The van der Waals surface area contributed by atoms with Gasteiger partial charge in [-0.2, -0.15) is 5.10 Å². The average Bonchev–Trinajstić information content (AvgIpc) is 3.21. The maximum absolute atomic E-state index is 12.5. The molecule has 0 spiro atoms.